The van der Waals surface area contributed by atoms with Crippen molar-refractivity contribution < 1.29 is 14.3 Å². The van der Waals surface area contributed by atoms with E-state index >= 15 is 0 Å². The molecular formula is C20H23N5O3S2. The van der Waals surface area contributed by atoms with Crippen molar-refractivity contribution in [2.24, 2.45) is 0 Å². The molecule has 0 unspecified atom stereocenters. The molecule has 2 N–H and O–H groups in total. The highest BCUT2D eigenvalue weighted by molar-refractivity contribution is 7.99. The van der Waals surface area contributed by atoms with Gasteiger partial charge in [-0.2, -0.15) is 0 Å². The summed E-state index contributed by atoms with van der Waals surface area (Å²) < 4.78 is 10.7. The minimum atomic E-state index is -0.144. The lowest BCUT2D eigenvalue weighted by molar-refractivity contribution is -0.113. The molecule has 8 nitrogen and oxygen atoms in total. The fourth-order valence-corrected chi connectivity index (χ4v) is 4.79. The fourth-order valence-electron chi connectivity index (χ4n) is 3.45. The number of ether oxygens (including phenoxy) is 2. The maximum atomic E-state index is 12.3. The van der Waals surface area contributed by atoms with Crippen LogP contribution in [0.4, 0.5) is 5.13 Å². The Hall–Kier alpha value is -2.59. The number of rotatable bonds is 8. The van der Waals surface area contributed by atoms with Crippen molar-refractivity contribution in [2.45, 2.75) is 36.8 Å². The average Bonchev–Trinajstić information content (AvgIpc) is 3.53. The van der Waals surface area contributed by atoms with Crippen molar-refractivity contribution in [1.29, 1.82) is 0 Å². The number of methoxy groups -OCH3 is 2. The first-order valence-corrected chi connectivity index (χ1v) is 11.6. The van der Waals surface area contributed by atoms with Crippen LogP contribution in [0.3, 0.4) is 0 Å². The van der Waals surface area contributed by atoms with Gasteiger partial charge in [0.2, 0.25) is 11.1 Å². The number of H-pyrrole nitrogens is 1. The number of carbonyl (C=O) groups is 1. The number of nitrogens with zero attached hydrogens (tertiary/aromatic N) is 3. The van der Waals surface area contributed by atoms with E-state index in [0.29, 0.717) is 27.7 Å². The van der Waals surface area contributed by atoms with Crippen molar-refractivity contribution in [3.8, 4) is 22.8 Å². The van der Waals surface area contributed by atoms with Gasteiger partial charge in [-0.1, -0.05) is 24.6 Å². The summed E-state index contributed by atoms with van der Waals surface area (Å²) in [4.78, 5) is 21.4. The molecule has 1 amide bonds. The summed E-state index contributed by atoms with van der Waals surface area (Å²) in [6.45, 7) is 0. The van der Waals surface area contributed by atoms with Gasteiger partial charge in [-0.15, -0.1) is 16.4 Å². The average molecular weight is 446 g/mol. The lowest BCUT2D eigenvalue weighted by Crippen LogP contribution is -2.13. The lowest BCUT2D eigenvalue weighted by atomic mass is 10.1. The van der Waals surface area contributed by atoms with Crippen LogP contribution in [0.2, 0.25) is 0 Å². The molecular weight excluding hydrogens is 422 g/mol. The van der Waals surface area contributed by atoms with Crippen molar-refractivity contribution in [1.82, 2.24) is 20.2 Å². The predicted octanol–water partition coefficient (Wildman–Crippen LogP) is 4.33. The minimum Gasteiger partial charge on any atom is -0.497 e. The second kappa shape index (κ2) is 9.48. The molecule has 4 rings (SSSR count). The zero-order valence-corrected chi connectivity index (χ0v) is 18.4. The van der Waals surface area contributed by atoms with E-state index in [1.54, 1.807) is 20.3 Å². The molecule has 3 aromatic rings. The van der Waals surface area contributed by atoms with E-state index in [-0.39, 0.29) is 11.7 Å². The Morgan fingerprint density at radius 1 is 1.27 bits per heavy atom. The highest BCUT2D eigenvalue weighted by atomic mass is 32.2. The van der Waals surface area contributed by atoms with E-state index in [4.69, 9.17) is 9.47 Å². The van der Waals surface area contributed by atoms with E-state index in [1.807, 2.05) is 17.5 Å². The van der Waals surface area contributed by atoms with Gasteiger partial charge in [0.15, 0.2) is 5.13 Å². The Balaban J connectivity index is 1.34. The van der Waals surface area contributed by atoms with Crippen molar-refractivity contribution in [2.75, 3.05) is 25.3 Å². The van der Waals surface area contributed by atoms with Gasteiger partial charge in [0, 0.05) is 22.9 Å². The second-order valence-electron chi connectivity index (χ2n) is 6.93. The Bertz CT molecular complexity index is 1010. The number of aromatic nitrogens is 4. The van der Waals surface area contributed by atoms with Crippen molar-refractivity contribution in [3.63, 3.8) is 0 Å². The first-order valence-electron chi connectivity index (χ1n) is 9.69. The third-order valence-electron chi connectivity index (χ3n) is 4.99. The highest BCUT2D eigenvalue weighted by Gasteiger charge is 2.21. The van der Waals surface area contributed by atoms with E-state index in [1.165, 1.54) is 35.9 Å². The maximum absolute atomic E-state index is 12.3. The summed E-state index contributed by atoms with van der Waals surface area (Å²) in [6.07, 6.45) is 4.80. The number of carbonyl (C=O) groups excluding carboxylic acids is 1. The molecule has 1 aliphatic rings. The predicted molar refractivity (Wildman–Crippen MR) is 118 cm³/mol. The third kappa shape index (κ3) is 4.76. The van der Waals surface area contributed by atoms with Gasteiger partial charge in [-0.3, -0.25) is 9.89 Å². The van der Waals surface area contributed by atoms with Gasteiger partial charge in [0.05, 0.1) is 25.7 Å². The van der Waals surface area contributed by atoms with Gasteiger partial charge in [-0.25, -0.2) is 9.97 Å². The van der Waals surface area contributed by atoms with Crippen molar-refractivity contribution in [3.05, 3.63) is 29.4 Å². The number of thiazole rings is 1. The van der Waals surface area contributed by atoms with Crippen LogP contribution in [0.1, 0.15) is 37.4 Å². The molecule has 10 heteroatoms. The largest absolute Gasteiger partial charge is 0.497 e. The Morgan fingerprint density at radius 2 is 2.10 bits per heavy atom. The number of benzene rings is 1. The molecule has 0 spiro atoms. The molecule has 2 aromatic heterocycles. The van der Waals surface area contributed by atoms with Crippen molar-refractivity contribution >= 4 is 34.1 Å². The third-order valence-corrected chi connectivity index (χ3v) is 6.60. The Morgan fingerprint density at radius 3 is 2.87 bits per heavy atom. The number of thioether (sulfide) groups is 1. The zero-order chi connectivity index (χ0) is 20.9. The first kappa shape index (κ1) is 20.7. The molecule has 158 valence electrons. The molecule has 1 aromatic carbocycles. The van der Waals surface area contributed by atoms with Crippen LogP contribution in [0.5, 0.6) is 11.5 Å². The van der Waals surface area contributed by atoms with E-state index in [0.717, 1.165) is 29.9 Å². The van der Waals surface area contributed by atoms with Crippen LogP contribution in [0.15, 0.2) is 28.7 Å². The molecule has 0 atom stereocenters. The van der Waals surface area contributed by atoms with Crippen LogP contribution in [-0.4, -0.2) is 46.0 Å². The van der Waals surface area contributed by atoms with Gasteiger partial charge in [-0.05, 0) is 25.0 Å². The summed E-state index contributed by atoms with van der Waals surface area (Å²) in [5.41, 5.74) is 1.57. The summed E-state index contributed by atoms with van der Waals surface area (Å²) in [6, 6.07) is 5.54. The molecule has 1 fully saturated rings. The number of hydrogen-bond acceptors (Lipinski definition) is 8. The summed E-state index contributed by atoms with van der Waals surface area (Å²) in [7, 11) is 3.21. The van der Waals surface area contributed by atoms with E-state index in [9.17, 15) is 4.79 Å². The molecule has 0 aliphatic heterocycles. The number of nitrogens with one attached hydrogen (secondary N) is 2. The van der Waals surface area contributed by atoms with Crippen LogP contribution >= 0.6 is 23.1 Å². The Kier molecular flexibility index (Phi) is 6.53. The lowest BCUT2D eigenvalue weighted by Gasteiger charge is -2.08. The monoisotopic (exact) mass is 445 g/mol. The van der Waals surface area contributed by atoms with E-state index < -0.39 is 0 Å². The number of amides is 1. The SMILES string of the molecule is COc1ccc(-c2csc(NC(=O)CSc3n[nH]c(C4CCCC4)n3)n2)c(OC)c1. The molecule has 0 bridgehead atoms. The van der Waals surface area contributed by atoms with E-state index in [2.05, 4.69) is 25.5 Å². The quantitative estimate of drug-likeness (QED) is 0.497. The van der Waals surface area contributed by atoms with Gasteiger partial charge in [0.25, 0.3) is 0 Å². The fraction of sp³-hybridized carbons (Fsp3) is 0.400. The minimum absolute atomic E-state index is 0.144. The summed E-state index contributed by atoms with van der Waals surface area (Å²) in [5.74, 6) is 2.87. The van der Waals surface area contributed by atoms with Crippen LogP contribution in [0.25, 0.3) is 11.3 Å². The smallest absolute Gasteiger partial charge is 0.236 e. The van der Waals surface area contributed by atoms with Crippen LogP contribution in [-0.2, 0) is 4.79 Å². The maximum Gasteiger partial charge on any atom is 0.236 e. The molecule has 1 saturated carbocycles. The Labute approximate surface area is 182 Å². The normalized spacial score (nSPS) is 14.1. The molecule has 2 heterocycles. The van der Waals surface area contributed by atoms with Gasteiger partial charge >= 0.3 is 0 Å². The molecule has 1 aliphatic carbocycles. The number of anilines is 1. The zero-order valence-electron chi connectivity index (χ0n) is 16.8. The highest BCUT2D eigenvalue weighted by Crippen LogP contribution is 2.35. The van der Waals surface area contributed by atoms with Crippen LogP contribution < -0.4 is 14.8 Å². The van der Waals surface area contributed by atoms with Gasteiger partial charge in [0.1, 0.15) is 17.3 Å². The molecule has 30 heavy (non-hydrogen) atoms. The topological polar surface area (TPSA) is 102 Å². The first-order chi connectivity index (χ1) is 14.7. The van der Waals surface area contributed by atoms with Crippen LogP contribution in [0, 0.1) is 0 Å². The molecule has 0 radical (unpaired) electrons. The summed E-state index contributed by atoms with van der Waals surface area (Å²) in [5, 5.41) is 13.1. The second-order valence-corrected chi connectivity index (χ2v) is 8.73. The standard InChI is InChI=1S/C20H23N5O3S2/c1-27-13-7-8-14(16(9-13)28-2)15-10-29-19(21-15)22-17(26)11-30-20-23-18(24-25-20)12-5-3-4-6-12/h7-10,12H,3-6,11H2,1-2H3,(H,21,22,26)(H,23,24,25). The number of hydrogen-bond donors (Lipinski definition) is 2. The van der Waals surface area contributed by atoms with Gasteiger partial charge < -0.3 is 14.8 Å². The molecule has 0 saturated heterocycles. The summed E-state index contributed by atoms with van der Waals surface area (Å²) >= 11 is 2.69. The number of aromatic amines is 1.